The van der Waals surface area contributed by atoms with Crippen molar-refractivity contribution in [2.24, 2.45) is 0 Å². The Kier molecular flexibility index (Phi) is 3.38. The summed E-state index contributed by atoms with van der Waals surface area (Å²) < 4.78 is 0. The molecule has 0 radical (unpaired) electrons. The van der Waals surface area contributed by atoms with Gasteiger partial charge in [0.05, 0.1) is 6.10 Å². The summed E-state index contributed by atoms with van der Waals surface area (Å²) in [6.45, 7) is -0.0182. The number of hydrogen-bond donors (Lipinski definition) is 3. The second-order valence-electron chi connectivity index (χ2n) is 3.90. The molecule has 1 unspecified atom stereocenters. The number of nitrogens with one attached hydrogen (secondary N) is 1. The molecule has 0 saturated carbocycles. The Morgan fingerprint density at radius 3 is 2.67 bits per heavy atom. The number of hydrogen-bond acceptors (Lipinski definition) is 5. The Morgan fingerprint density at radius 1 is 1.39 bits per heavy atom. The molecule has 2 atom stereocenters. The molecule has 2 heterocycles. The summed E-state index contributed by atoms with van der Waals surface area (Å²) in [6.07, 6.45) is 2.11. The molecule has 0 spiro atoms. The first-order valence-electron chi connectivity index (χ1n) is 5.33. The number of aromatic nitrogens is 2. The van der Waals surface area contributed by atoms with Gasteiger partial charge in [-0.05, 0) is 6.07 Å². The van der Waals surface area contributed by atoms with Crippen molar-refractivity contribution < 1.29 is 19.8 Å². The van der Waals surface area contributed by atoms with Gasteiger partial charge in [-0.3, -0.25) is 5.32 Å². The van der Waals surface area contributed by atoms with Crippen molar-refractivity contribution >= 4 is 17.9 Å². The van der Waals surface area contributed by atoms with E-state index in [0.29, 0.717) is 0 Å². The van der Waals surface area contributed by atoms with E-state index in [2.05, 4.69) is 15.3 Å². The van der Waals surface area contributed by atoms with Crippen LogP contribution in [0.3, 0.4) is 0 Å². The molecule has 0 bridgehead atoms. The molecule has 1 aliphatic heterocycles. The van der Waals surface area contributed by atoms with Crippen LogP contribution in [0.4, 0.5) is 10.7 Å². The summed E-state index contributed by atoms with van der Waals surface area (Å²) in [7, 11) is 0. The minimum atomic E-state index is -1.14. The molecular weight excluding hydrogens is 240 g/mol. The number of aliphatic hydroxyl groups excluding tert-OH is 1. The molecule has 96 valence electrons. The summed E-state index contributed by atoms with van der Waals surface area (Å²) in [6, 6.07) is -0.0659. The van der Waals surface area contributed by atoms with Gasteiger partial charge in [-0.1, -0.05) is 0 Å². The molecule has 1 aliphatic rings. The smallest absolute Gasteiger partial charge is 0.326 e. The number of aliphatic hydroxyl groups is 1. The molecule has 18 heavy (non-hydrogen) atoms. The van der Waals surface area contributed by atoms with E-state index in [4.69, 9.17) is 5.11 Å². The highest BCUT2D eigenvalue weighted by Gasteiger charge is 2.39. The van der Waals surface area contributed by atoms with Gasteiger partial charge >= 0.3 is 12.0 Å². The van der Waals surface area contributed by atoms with Crippen LogP contribution in [0.15, 0.2) is 18.5 Å². The van der Waals surface area contributed by atoms with Gasteiger partial charge in [0, 0.05) is 25.4 Å². The van der Waals surface area contributed by atoms with Gasteiger partial charge in [0.2, 0.25) is 5.95 Å². The fourth-order valence-electron chi connectivity index (χ4n) is 1.80. The van der Waals surface area contributed by atoms with E-state index in [1.54, 1.807) is 6.07 Å². The fraction of sp³-hybridized carbons (Fsp3) is 0.400. The molecule has 0 aromatic carbocycles. The highest BCUT2D eigenvalue weighted by atomic mass is 16.4. The van der Waals surface area contributed by atoms with Crippen LogP contribution < -0.4 is 5.32 Å². The Hall–Kier alpha value is -2.22. The summed E-state index contributed by atoms with van der Waals surface area (Å²) in [5.41, 5.74) is 0. The maximum absolute atomic E-state index is 11.8. The summed E-state index contributed by atoms with van der Waals surface area (Å²) in [5, 5.41) is 20.7. The van der Waals surface area contributed by atoms with Crippen molar-refractivity contribution in [3.63, 3.8) is 0 Å². The van der Waals surface area contributed by atoms with E-state index in [9.17, 15) is 14.7 Å². The first kappa shape index (κ1) is 12.2. The lowest BCUT2D eigenvalue weighted by atomic mass is 10.2. The van der Waals surface area contributed by atoms with Gasteiger partial charge in [-0.2, -0.15) is 0 Å². The molecular formula is C10H12N4O4. The van der Waals surface area contributed by atoms with Crippen LogP contribution in [0, 0.1) is 0 Å². The standard InChI is InChI=1S/C10H12N4O4/c15-6-4-7(8(16)17)14(5-6)10(18)13-9-11-2-1-3-12-9/h1-3,6-7,15H,4-5H2,(H,16,17)(H,11,12,13,18)/t6?,7-/m0/s1. The Bertz CT molecular complexity index is 452. The van der Waals surface area contributed by atoms with Gasteiger partial charge in [-0.25, -0.2) is 19.6 Å². The lowest BCUT2D eigenvalue weighted by Crippen LogP contribution is -2.43. The first-order valence-corrected chi connectivity index (χ1v) is 5.33. The third-order valence-electron chi connectivity index (χ3n) is 2.61. The summed E-state index contributed by atoms with van der Waals surface area (Å²) >= 11 is 0. The topological polar surface area (TPSA) is 116 Å². The first-order chi connectivity index (χ1) is 8.58. The monoisotopic (exact) mass is 252 g/mol. The molecule has 1 aromatic rings. The molecule has 0 aliphatic carbocycles. The predicted molar refractivity (Wildman–Crippen MR) is 59.8 cm³/mol. The number of β-amino-alcohol motifs (C(OH)–C–C–N with tert-alkyl or cyclic N) is 1. The van der Waals surface area contributed by atoms with Crippen molar-refractivity contribution in [3.05, 3.63) is 18.5 Å². The number of rotatable bonds is 2. The van der Waals surface area contributed by atoms with E-state index in [1.807, 2.05) is 0 Å². The van der Waals surface area contributed by atoms with Gasteiger partial charge in [-0.15, -0.1) is 0 Å². The quantitative estimate of drug-likeness (QED) is 0.655. The summed E-state index contributed by atoms with van der Waals surface area (Å²) in [4.78, 5) is 31.4. The highest BCUT2D eigenvalue weighted by Crippen LogP contribution is 2.18. The van der Waals surface area contributed by atoms with Crippen LogP contribution >= 0.6 is 0 Å². The fourth-order valence-corrected chi connectivity index (χ4v) is 1.80. The number of carboxylic acids is 1. The summed E-state index contributed by atoms with van der Waals surface area (Å²) in [5.74, 6) is -1.05. The van der Waals surface area contributed by atoms with E-state index < -0.39 is 24.1 Å². The van der Waals surface area contributed by atoms with E-state index >= 15 is 0 Å². The molecule has 1 fully saturated rings. The second kappa shape index (κ2) is 4.96. The zero-order chi connectivity index (χ0) is 13.1. The SMILES string of the molecule is O=C(O)[C@@H]1CC(O)CN1C(=O)Nc1ncccn1. The van der Waals surface area contributed by atoms with Crippen molar-refractivity contribution in [2.45, 2.75) is 18.6 Å². The Labute approximate surface area is 102 Å². The van der Waals surface area contributed by atoms with Crippen molar-refractivity contribution in [2.75, 3.05) is 11.9 Å². The lowest BCUT2D eigenvalue weighted by molar-refractivity contribution is -0.141. The third kappa shape index (κ3) is 2.54. The maximum Gasteiger partial charge on any atom is 0.326 e. The van der Waals surface area contributed by atoms with Gasteiger partial charge in [0.1, 0.15) is 6.04 Å². The third-order valence-corrected chi connectivity index (χ3v) is 2.61. The minimum absolute atomic E-state index is 0.0182. The molecule has 1 saturated heterocycles. The van der Waals surface area contributed by atoms with Crippen LogP contribution in [0.2, 0.25) is 0 Å². The molecule has 2 rings (SSSR count). The Balaban J connectivity index is 2.06. The molecule has 8 nitrogen and oxygen atoms in total. The van der Waals surface area contributed by atoms with Crippen molar-refractivity contribution in [1.82, 2.24) is 14.9 Å². The number of carbonyl (C=O) groups excluding carboxylic acids is 1. The number of urea groups is 1. The second-order valence-corrected chi connectivity index (χ2v) is 3.90. The van der Waals surface area contributed by atoms with Crippen molar-refractivity contribution in [3.8, 4) is 0 Å². The molecule has 1 aromatic heterocycles. The van der Waals surface area contributed by atoms with Gasteiger partial charge in [0.25, 0.3) is 0 Å². The average Bonchev–Trinajstić information content (AvgIpc) is 2.73. The largest absolute Gasteiger partial charge is 0.480 e. The number of likely N-dealkylation sites (tertiary alicyclic amines) is 1. The van der Waals surface area contributed by atoms with Gasteiger partial charge < -0.3 is 15.1 Å². The minimum Gasteiger partial charge on any atom is -0.480 e. The number of amides is 2. The zero-order valence-electron chi connectivity index (χ0n) is 9.35. The molecule has 2 amide bonds. The van der Waals surface area contributed by atoms with E-state index in [1.165, 1.54) is 12.4 Å². The van der Waals surface area contributed by atoms with Crippen LogP contribution in [-0.2, 0) is 4.79 Å². The van der Waals surface area contributed by atoms with Crippen LogP contribution in [-0.4, -0.2) is 55.8 Å². The number of aliphatic carboxylic acids is 1. The van der Waals surface area contributed by atoms with Gasteiger partial charge in [0.15, 0.2) is 0 Å². The molecule has 3 N–H and O–H groups in total. The van der Waals surface area contributed by atoms with Crippen LogP contribution in [0.25, 0.3) is 0 Å². The number of carboxylic acid groups (broad SMARTS) is 1. The number of nitrogens with zero attached hydrogens (tertiary/aromatic N) is 3. The van der Waals surface area contributed by atoms with E-state index in [-0.39, 0.29) is 18.9 Å². The zero-order valence-corrected chi connectivity index (χ0v) is 9.35. The Morgan fingerprint density at radius 2 is 2.06 bits per heavy atom. The normalized spacial score (nSPS) is 22.8. The van der Waals surface area contributed by atoms with Crippen LogP contribution in [0.1, 0.15) is 6.42 Å². The van der Waals surface area contributed by atoms with Crippen LogP contribution in [0.5, 0.6) is 0 Å². The maximum atomic E-state index is 11.8. The van der Waals surface area contributed by atoms with Crippen molar-refractivity contribution in [1.29, 1.82) is 0 Å². The number of carbonyl (C=O) groups is 2. The number of anilines is 1. The van der Waals surface area contributed by atoms with E-state index in [0.717, 1.165) is 4.90 Å². The highest BCUT2D eigenvalue weighted by molar-refractivity contribution is 5.91. The lowest BCUT2D eigenvalue weighted by Gasteiger charge is -2.20. The average molecular weight is 252 g/mol. The predicted octanol–water partition coefficient (Wildman–Crippen LogP) is -0.472. The molecule has 8 heteroatoms.